The zero-order valence-corrected chi connectivity index (χ0v) is 8.60. The fraction of sp³-hybridized carbons (Fsp3) is 0.0769. The lowest BCUT2D eigenvalue weighted by atomic mass is 10.0. The summed E-state index contributed by atoms with van der Waals surface area (Å²) in [6.45, 7) is 0.596. The highest BCUT2D eigenvalue weighted by Crippen LogP contribution is 2.24. The van der Waals surface area contributed by atoms with Crippen molar-refractivity contribution in [3.8, 4) is 0 Å². The molecular weight excluding hydrogens is 200 g/mol. The van der Waals surface area contributed by atoms with Gasteiger partial charge in [0, 0.05) is 23.0 Å². The highest BCUT2D eigenvalue weighted by Gasteiger charge is 2.20. The molecule has 1 aromatic carbocycles. The van der Waals surface area contributed by atoms with Crippen LogP contribution in [0.25, 0.3) is 0 Å². The normalized spacial score (nSPS) is 13.4. The fourth-order valence-electron chi connectivity index (χ4n) is 1.94. The minimum Gasteiger partial charge on any atom is -0.379 e. The van der Waals surface area contributed by atoms with Crippen LogP contribution in [0.1, 0.15) is 21.6 Å². The monoisotopic (exact) mass is 210 g/mol. The molecule has 3 heteroatoms. The van der Waals surface area contributed by atoms with Crippen molar-refractivity contribution in [2.24, 2.45) is 0 Å². The maximum absolute atomic E-state index is 12.2. The Morgan fingerprint density at radius 1 is 1.06 bits per heavy atom. The van der Waals surface area contributed by atoms with Gasteiger partial charge in [-0.05, 0) is 24.3 Å². The molecular formula is C13H10N2O. The third-order valence-corrected chi connectivity index (χ3v) is 2.75. The van der Waals surface area contributed by atoms with E-state index in [0.717, 1.165) is 11.4 Å². The Hall–Kier alpha value is -2.16. The van der Waals surface area contributed by atoms with Gasteiger partial charge >= 0.3 is 0 Å². The second-order valence-corrected chi connectivity index (χ2v) is 3.73. The second kappa shape index (κ2) is 3.45. The quantitative estimate of drug-likeness (QED) is 0.725. The summed E-state index contributed by atoms with van der Waals surface area (Å²) in [5, 5.41) is 3.23. The first-order chi connectivity index (χ1) is 7.86. The Balaban J connectivity index is 2.22. The smallest absolute Gasteiger partial charge is 0.197 e. The molecule has 3 nitrogen and oxygen atoms in total. The van der Waals surface area contributed by atoms with Crippen LogP contribution in [0.5, 0.6) is 0 Å². The number of carbonyl (C=O) groups is 1. The Morgan fingerprint density at radius 3 is 2.81 bits per heavy atom. The van der Waals surface area contributed by atoms with Crippen LogP contribution in [0.15, 0.2) is 42.6 Å². The van der Waals surface area contributed by atoms with Gasteiger partial charge < -0.3 is 5.32 Å². The fourth-order valence-corrected chi connectivity index (χ4v) is 1.94. The number of nitrogens with one attached hydrogen (secondary N) is 1. The lowest BCUT2D eigenvalue weighted by Gasteiger charge is -2.04. The van der Waals surface area contributed by atoms with E-state index in [4.69, 9.17) is 0 Å². The van der Waals surface area contributed by atoms with Crippen LogP contribution >= 0.6 is 0 Å². The van der Waals surface area contributed by atoms with E-state index in [1.54, 1.807) is 12.3 Å². The number of anilines is 1. The van der Waals surface area contributed by atoms with Gasteiger partial charge in [0.2, 0.25) is 0 Å². The van der Waals surface area contributed by atoms with Crippen molar-refractivity contribution < 1.29 is 4.79 Å². The number of pyridine rings is 1. The summed E-state index contributed by atoms with van der Waals surface area (Å²) in [7, 11) is 0. The molecule has 0 radical (unpaired) electrons. The molecule has 2 aromatic rings. The van der Waals surface area contributed by atoms with E-state index >= 15 is 0 Å². The molecule has 1 N–H and O–H groups in total. The molecule has 0 fully saturated rings. The van der Waals surface area contributed by atoms with Crippen molar-refractivity contribution in [2.45, 2.75) is 6.54 Å². The van der Waals surface area contributed by atoms with Crippen LogP contribution in [-0.4, -0.2) is 10.8 Å². The van der Waals surface area contributed by atoms with Crippen LogP contribution in [0, 0.1) is 0 Å². The maximum Gasteiger partial charge on any atom is 0.197 e. The number of hydrogen-bond donors (Lipinski definition) is 1. The van der Waals surface area contributed by atoms with Gasteiger partial charge in [-0.2, -0.15) is 0 Å². The molecule has 0 unspecified atom stereocenters. The van der Waals surface area contributed by atoms with E-state index in [0.29, 0.717) is 17.7 Å². The summed E-state index contributed by atoms with van der Waals surface area (Å²) >= 11 is 0. The molecule has 0 aliphatic carbocycles. The molecule has 0 saturated carbocycles. The van der Waals surface area contributed by atoms with E-state index in [1.807, 2.05) is 30.3 Å². The highest BCUT2D eigenvalue weighted by molar-refractivity contribution is 6.13. The Bertz CT molecular complexity index is 514. The molecule has 0 atom stereocenters. The van der Waals surface area contributed by atoms with Crippen LogP contribution in [0.3, 0.4) is 0 Å². The van der Waals surface area contributed by atoms with E-state index in [9.17, 15) is 4.79 Å². The van der Waals surface area contributed by atoms with Crippen LogP contribution in [0.4, 0.5) is 5.69 Å². The average molecular weight is 210 g/mol. The van der Waals surface area contributed by atoms with E-state index < -0.39 is 0 Å². The number of aromatic nitrogens is 1. The number of ketones is 1. The predicted octanol–water partition coefficient (Wildman–Crippen LogP) is 2.24. The first-order valence-corrected chi connectivity index (χ1v) is 5.18. The van der Waals surface area contributed by atoms with E-state index in [2.05, 4.69) is 10.3 Å². The lowest BCUT2D eigenvalue weighted by molar-refractivity contribution is 0.103. The van der Waals surface area contributed by atoms with Crippen LogP contribution in [-0.2, 0) is 6.54 Å². The minimum atomic E-state index is 0.0451. The van der Waals surface area contributed by atoms with Gasteiger partial charge in [-0.15, -0.1) is 0 Å². The standard InChI is InChI=1S/C13H10N2O/c16-13-9-4-1-2-6-11(9)15-8-12-10(13)5-3-7-14-12/h1-7,15H,8H2. The zero-order valence-electron chi connectivity index (χ0n) is 8.60. The van der Waals surface area contributed by atoms with Crippen molar-refractivity contribution in [2.75, 3.05) is 5.32 Å². The third-order valence-electron chi connectivity index (χ3n) is 2.75. The van der Waals surface area contributed by atoms with Gasteiger partial charge in [-0.3, -0.25) is 9.78 Å². The number of fused-ring (bicyclic) bond motifs is 2. The van der Waals surface area contributed by atoms with Gasteiger partial charge in [-0.25, -0.2) is 0 Å². The third kappa shape index (κ3) is 1.29. The van der Waals surface area contributed by atoms with Gasteiger partial charge in [0.25, 0.3) is 0 Å². The number of benzene rings is 1. The number of nitrogens with zero attached hydrogens (tertiary/aromatic N) is 1. The Labute approximate surface area is 93.1 Å². The first kappa shape index (κ1) is 9.09. The number of hydrogen-bond acceptors (Lipinski definition) is 3. The van der Waals surface area contributed by atoms with Gasteiger partial charge in [0.1, 0.15) is 0 Å². The highest BCUT2D eigenvalue weighted by atomic mass is 16.1. The number of rotatable bonds is 0. The summed E-state index contributed by atoms with van der Waals surface area (Å²) in [6.07, 6.45) is 1.71. The summed E-state index contributed by atoms with van der Waals surface area (Å²) in [4.78, 5) is 16.5. The minimum absolute atomic E-state index is 0.0451. The topological polar surface area (TPSA) is 42.0 Å². The summed E-state index contributed by atoms with van der Waals surface area (Å²) in [6, 6.07) is 11.2. The van der Waals surface area contributed by atoms with Crippen molar-refractivity contribution in [1.29, 1.82) is 0 Å². The molecule has 0 spiro atoms. The van der Waals surface area contributed by atoms with Gasteiger partial charge in [-0.1, -0.05) is 12.1 Å². The molecule has 0 amide bonds. The molecule has 2 heterocycles. The molecule has 16 heavy (non-hydrogen) atoms. The van der Waals surface area contributed by atoms with Gasteiger partial charge in [0.05, 0.1) is 12.2 Å². The molecule has 1 aliphatic rings. The van der Waals surface area contributed by atoms with E-state index in [-0.39, 0.29) is 5.78 Å². The average Bonchev–Trinajstić information content (AvgIpc) is 2.49. The van der Waals surface area contributed by atoms with Crippen molar-refractivity contribution >= 4 is 11.5 Å². The first-order valence-electron chi connectivity index (χ1n) is 5.18. The van der Waals surface area contributed by atoms with Crippen molar-refractivity contribution in [1.82, 2.24) is 4.98 Å². The summed E-state index contributed by atoms with van der Waals surface area (Å²) < 4.78 is 0. The molecule has 0 bridgehead atoms. The van der Waals surface area contributed by atoms with Crippen molar-refractivity contribution in [3.05, 3.63) is 59.4 Å². The SMILES string of the molecule is O=C1c2ccccc2NCc2ncccc21. The number of carbonyl (C=O) groups excluding carboxylic acids is 1. The Morgan fingerprint density at radius 2 is 1.88 bits per heavy atom. The maximum atomic E-state index is 12.2. The molecule has 0 saturated heterocycles. The lowest BCUT2D eigenvalue weighted by Crippen LogP contribution is -2.04. The van der Waals surface area contributed by atoms with Crippen molar-refractivity contribution in [3.63, 3.8) is 0 Å². The molecule has 1 aromatic heterocycles. The zero-order chi connectivity index (χ0) is 11.0. The van der Waals surface area contributed by atoms with Gasteiger partial charge in [0.15, 0.2) is 5.78 Å². The van der Waals surface area contributed by atoms with Crippen LogP contribution in [0.2, 0.25) is 0 Å². The molecule has 1 aliphatic heterocycles. The van der Waals surface area contributed by atoms with E-state index in [1.165, 1.54) is 0 Å². The largest absolute Gasteiger partial charge is 0.379 e. The summed E-state index contributed by atoms with van der Waals surface area (Å²) in [5.74, 6) is 0.0451. The second-order valence-electron chi connectivity index (χ2n) is 3.73. The predicted molar refractivity (Wildman–Crippen MR) is 61.4 cm³/mol. The number of para-hydroxylation sites is 1. The molecule has 3 rings (SSSR count). The Kier molecular flexibility index (Phi) is 1.96. The molecule has 78 valence electrons. The van der Waals surface area contributed by atoms with Crippen LogP contribution < -0.4 is 5.32 Å². The summed E-state index contributed by atoms with van der Waals surface area (Å²) in [5.41, 5.74) is 3.10.